The fourth-order valence-corrected chi connectivity index (χ4v) is 2.24. The first-order valence-corrected chi connectivity index (χ1v) is 4.56. The van der Waals surface area contributed by atoms with Crippen LogP contribution in [0.15, 0.2) is 12.4 Å². The van der Waals surface area contributed by atoms with Crippen LogP contribution in [-0.4, -0.2) is 15.5 Å². The van der Waals surface area contributed by atoms with Crippen LogP contribution in [-0.2, 0) is 5.41 Å². The second-order valence-corrected chi connectivity index (χ2v) is 4.18. The first-order chi connectivity index (χ1) is 5.77. The predicted molar refractivity (Wildman–Crippen MR) is 45.7 cm³/mol. The summed E-state index contributed by atoms with van der Waals surface area (Å²) < 4.78 is 0. The van der Waals surface area contributed by atoms with Gasteiger partial charge in [0.1, 0.15) is 5.82 Å². The van der Waals surface area contributed by atoms with Gasteiger partial charge in [0.25, 0.3) is 0 Å². The summed E-state index contributed by atoms with van der Waals surface area (Å²) in [7, 11) is 0. The lowest BCUT2D eigenvalue weighted by atomic mass is 9.94. The van der Waals surface area contributed by atoms with Crippen molar-refractivity contribution in [2.45, 2.75) is 36.6 Å². The Morgan fingerprint density at radius 1 is 1.33 bits per heavy atom. The van der Waals surface area contributed by atoms with Crippen LogP contribution in [0.1, 0.15) is 31.5 Å². The minimum atomic E-state index is 0.0881. The van der Waals surface area contributed by atoms with Crippen LogP contribution in [0, 0.1) is 0 Å². The standard InChI is InChI=1S/C9H13N3/c10-9(3-4-9)8(1-2-8)7-11-5-6-12-7/h5-6H,1-4,10H2,(H,11,12). The van der Waals surface area contributed by atoms with Gasteiger partial charge in [-0.3, -0.25) is 0 Å². The molecule has 3 rings (SSSR count). The average molecular weight is 163 g/mol. The highest BCUT2D eigenvalue weighted by Crippen LogP contribution is 2.62. The highest BCUT2D eigenvalue weighted by atomic mass is 15.0. The third kappa shape index (κ3) is 0.630. The van der Waals surface area contributed by atoms with Crippen molar-refractivity contribution in [1.29, 1.82) is 0 Å². The van der Waals surface area contributed by atoms with Crippen molar-refractivity contribution in [3.8, 4) is 0 Å². The lowest BCUT2D eigenvalue weighted by molar-refractivity contribution is 0.481. The summed E-state index contributed by atoms with van der Waals surface area (Å²) in [5.41, 5.74) is 6.54. The molecular formula is C9H13N3. The molecule has 0 amide bonds. The van der Waals surface area contributed by atoms with Crippen LogP contribution >= 0.6 is 0 Å². The van der Waals surface area contributed by atoms with Crippen molar-refractivity contribution in [1.82, 2.24) is 9.97 Å². The number of H-pyrrole nitrogens is 1. The first-order valence-electron chi connectivity index (χ1n) is 4.56. The first kappa shape index (κ1) is 6.66. The smallest absolute Gasteiger partial charge is 0.114 e. The summed E-state index contributed by atoms with van der Waals surface area (Å²) in [6, 6.07) is 0. The topological polar surface area (TPSA) is 54.7 Å². The molecule has 0 atom stereocenters. The molecule has 64 valence electrons. The maximum absolute atomic E-state index is 6.22. The van der Waals surface area contributed by atoms with E-state index >= 15 is 0 Å². The minimum Gasteiger partial charge on any atom is -0.348 e. The summed E-state index contributed by atoms with van der Waals surface area (Å²) in [5, 5.41) is 0. The molecule has 3 heteroatoms. The number of nitrogens with zero attached hydrogens (tertiary/aromatic N) is 1. The number of rotatable bonds is 2. The van der Waals surface area contributed by atoms with Gasteiger partial charge in [-0.05, 0) is 25.7 Å². The Hall–Kier alpha value is -0.830. The van der Waals surface area contributed by atoms with E-state index in [0.717, 1.165) is 5.82 Å². The van der Waals surface area contributed by atoms with Gasteiger partial charge in [0, 0.05) is 23.3 Å². The molecule has 1 heterocycles. The van der Waals surface area contributed by atoms with Gasteiger partial charge in [0.15, 0.2) is 0 Å². The van der Waals surface area contributed by atoms with Crippen LogP contribution in [0.5, 0.6) is 0 Å². The zero-order valence-electron chi connectivity index (χ0n) is 7.01. The van der Waals surface area contributed by atoms with E-state index in [2.05, 4.69) is 9.97 Å². The summed E-state index contributed by atoms with van der Waals surface area (Å²) >= 11 is 0. The molecule has 0 aliphatic heterocycles. The molecule has 2 aliphatic carbocycles. The molecule has 2 saturated carbocycles. The Bertz CT molecular complexity index is 294. The van der Waals surface area contributed by atoms with Gasteiger partial charge in [-0.2, -0.15) is 0 Å². The zero-order chi connectivity index (χ0) is 8.23. The molecule has 0 aromatic carbocycles. The van der Waals surface area contributed by atoms with Crippen molar-refractivity contribution in [2.75, 3.05) is 0 Å². The molecule has 0 spiro atoms. The Morgan fingerprint density at radius 2 is 2.08 bits per heavy atom. The number of nitrogens with one attached hydrogen (secondary N) is 1. The predicted octanol–water partition coefficient (Wildman–Crippen LogP) is 0.933. The van der Waals surface area contributed by atoms with Crippen LogP contribution in [0.2, 0.25) is 0 Å². The van der Waals surface area contributed by atoms with E-state index in [1.165, 1.54) is 25.7 Å². The fraction of sp³-hybridized carbons (Fsp3) is 0.667. The van der Waals surface area contributed by atoms with E-state index in [1.807, 2.05) is 12.4 Å². The van der Waals surface area contributed by atoms with E-state index in [9.17, 15) is 0 Å². The Labute approximate surface area is 71.4 Å². The zero-order valence-corrected chi connectivity index (χ0v) is 7.01. The van der Waals surface area contributed by atoms with E-state index in [-0.39, 0.29) is 11.0 Å². The Morgan fingerprint density at radius 3 is 2.50 bits per heavy atom. The second-order valence-electron chi connectivity index (χ2n) is 4.18. The third-order valence-electron chi connectivity index (χ3n) is 3.44. The molecule has 12 heavy (non-hydrogen) atoms. The summed E-state index contributed by atoms with van der Waals surface area (Å²) in [6.45, 7) is 0. The molecule has 2 fully saturated rings. The number of hydrogen-bond donors (Lipinski definition) is 2. The lowest BCUT2D eigenvalue weighted by Crippen LogP contribution is -2.38. The van der Waals surface area contributed by atoms with Crippen molar-refractivity contribution in [3.63, 3.8) is 0 Å². The van der Waals surface area contributed by atoms with Crippen LogP contribution < -0.4 is 5.73 Å². The number of hydrogen-bond acceptors (Lipinski definition) is 2. The quantitative estimate of drug-likeness (QED) is 0.681. The molecule has 0 radical (unpaired) electrons. The lowest BCUT2D eigenvalue weighted by Gasteiger charge is -2.19. The van der Waals surface area contributed by atoms with E-state index in [1.54, 1.807) is 0 Å². The van der Waals surface area contributed by atoms with E-state index < -0.39 is 0 Å². The van der Waals surface area contributed by atoms with Gasteiger partial charge < -0.3 is 10.7 Å². The van der Waals surface area contributed by atoms with E-state index in [4.69, 9.17) is 5.73 Å². The third-order valence-corrected chi connectivity index (χ3v) is 3.44. The van der Waals surface area contributed by atoms with Gasteiger partial charge in [0.05, 0.1) is 0 Å². The summed E-state index contributed by atoms with van der Waals surface area (Å²) in [4.78, 5) is 7.52. The monoisotopic (exact) mass is 163 g/mol. The Balaban J connectivity index is 2.02. The molecule has 1 aromatic heterocycles. The normalized spacial score (nSPS) is 28.4. The number of nitrogens with two attached hydrogens (primary N) is 1. The molecule has 3 nitrogen and oxygen atoms in total. The maximum Gasteiger partial charge on any atom is 0.114 e. The molecule has 0 saturated heterocycles. The van der Waals surface area contributed by atoms with Gasteiger partial charge in [0.2, 0.25) is 0 Å². The molecule has 0 unspecified atom stereocenters. The Kier molecular flexibility index (Phi) is 0.966. The average Bonchev–Trinajstić information content (AvgIpc) is 2.96. The number of imidazole rings is 1. The van der Waals surface area contributed by atoms with Crippen LogP contribution in [0.4, 0.5) is 0 Å². The van der Waals surface area contributed by atoms with Crippen molar-refractivity contribution in [2.24, 2.45) is 5.73 Å². The number of aromatic nitrogens is 2. The van der Waals surface area contributed by atoms with Crippen molar-refractivity contribution in [3.05, 3.63) is 18.2 Å². The minimum absolute atomic E-state index is 0.0881. The van der Waals surface area contributed by atoms with Gasteiger partial charge in [-0.25, -0.2) is 4.98 Å². The molecule has 0 bridgehead atoms. The van der Waals surface area contributed by atoms with Crippen molar-refractivity contribution < 1.29 is 0 Å². The maximum atomic E-state index is 6.22. The van der Waals surface area contributed by atoms with Crippen molar-refractivity contribution >= 4 is 0 Å². The number of aromatic amines is 1. The van der Waals surface area contributed by atoms with Crippen LogP contribution in [0.25, 0.3) is 0 Å². The molecule has 2 aliphatic rings. The highest BCUT2D eigenvalue weighted by molar-refractivity contribution is 5.32. The van der Waals surface area contributed by atoms with Gasteiger partial charge in [-0.1, -0.05) is 0 Å². The SMILES string of the molecule is NC1(C2(c3ncc[nH]3)CC2)CC1. The van der Waals surface area contributed by atoms with Gasteiger partial charge >= 0.3 is 0 Å². The van der Waals surface area contributed by atoms with E-state index in [0.29, 0.717) is 0 Å². The highest BCUT2D eigenvalue weighted by Gasteiger charge is 2.65. The van der Waals surface area contributed by atoms with Gasteiger partial charge in [-0.15, -0.1) is 0 Å². The summed E-state index contributed by atoms with van der Waals surface area (Å²) in [6.07, 6.45) is 8.50. The second kappa shape index (κ2) is 1.74. The fourth-order valence-electron chi connectivity index (χ4n) is 2.24. The largest absolute Gasteiger partial charge is 0.348 e. The molecule has 1 aromatic rings. The molecular weight excluding hydrogens is 150 g/mol. The molecule has 3 N–H and O–H groups in total. The van der Waals surface area contributed by atoms with Crippen LogP contribution in [0.3, 0.4) is 0 Å². The summed E-state index contributed by atoms with van der Waals surface area (Å²) in [5.74, 6) is 1.11.